The molecule has 1 heterocycles. The van der Waals surface area contributed by atoms with Crippen LogP contribution in [0.2, 0.25) is 0 Å². The summed E-state index contributed by atoms with van der Waals surface area (Å²) in [6.45, 7) is 3.95. The number of carboxylic acids is 1. The second-order valence-corrected chi connectivity index (χ2v) is 15.5. The Bertz CT molecular complexity index is 1640. The van der Waals surface area contributed by atoms with E-state index in [0.717, 1.165) is 0 Å². The number of aliphatic carboxylic acids is 1. The molecule has 2 aromatic rings. The van der Waals surface area contributed by atoms with E-state index in [9.17, 15) is 54.0 Å². The van der Waals surface area contributed by atoms with E-state index in [4.69, 9.17) is 0 Å². The molecule has 10 N–H and O–H groups in total. The molecule has 0 spiro atoms. The van der Waals surface area contributed by atoms with E-state index in [1.165, 1.54) is 77.0 Å². The van der Waals surface area contributed by atoms with Crippen LogP contribution in [0, 0.1) is 5.92 Å². The van der Waals surface area contributed by atoms with Crippen molar-refractivity contribution in [3.63, 3.8) is 0 Å². The highest BCUT2D eigenvalue weighted by Crippen LogP contribution is 2.25. The maximum Gasteiger partial charge on any atom is 0.305 e. The number of amides is 6. The average Bonchev–Trinajstić information content (AvgIpc) is 3.11. The maximum absolute atomic E-state index is 13.9. The Kier molecular flexibility index (Phi) is 16.9. The van der Waals surface area contributed by atoms with Gasteiger partial charge in [0.05, 0.1) is 19.1 Å². The molecule has 54 heavy (non-hydrogen) atoms. The minimum Gasteiger partial charge on any atom is -0.508 e. The van der Waals surface area contributed by atoms with Gasteiger partial charge in [-0.05, 0) is 49.2 Å². The van der Waals surface area contributed by atoms with Crippen molar-refractivity contribution in [1.82, 2.24) is 31.9 Å². The molecule has 2 aromatic carbocycles. The Labute approximate surface area is 319 Å². The van der Waals surface area contributed by atoms with Gasteiger partial charge in [-0.25, -0.2) is 0 Å². The van der Waals surface area contributed by atoms with E-state index in [1.807, 2.05) is 0 Å². The lowest BCUT2D eigenvalue weighted by molar-refractivity contribution is -0.141. The van der Waals surface area contributed by atoms with Gasteiger partial charge >= 0.3 is 5.97 Å². The summed E-state index contributed by atoms with van der Waals surface area (Å²) in [5.74, 6) is -6.41. The summed E-state index contributed by atoms with van der Waals surface area (Å²) in [5, 5.41) is 54.5. The standard InChI is InChI=1S/C35H46N6O11S2/c1-18-16-53-54-17-19(2)37-35(52)30(20(3)42)41-28(45)15-36-32(49)25(12-21-4-8-23(43)9-5-21)39-33(50)26(13-22-6-10-24(44)11-7-22)40-34(51)27(14-29(46)47)38-31(18)48/h4-11,18-20,25-27,30,42-44H,12-17H2,1-3H3,(H,36,49)(H,37,52)(H,38,48)(H,39,50)(H,40,51)(H,41,45)(H,46,47). The number of phenolic OH excluding ortho intramolecular Hbond substituents is 2. The highest BCUT2D eigenvalue weighted by atomic mass is 33.1. The van der Waals surface area contributed by atoms with Crippen LogP contribution in [0.4, 0.5) is 0 Å². The van der Waals surface area contributed by atoms with Gasteiger partial charge in [0.1, 0.15) is 35.7 Å². The number of hydrogen-bond donors (Lipinski definition) is 10. The van der Waals surface area contributed by atoms with Crippen LogP contribution < -0.4 is 31.9 Å². The molecule has 0 bridgehead atoms. The summed E-state index contributed by atoms with van der Waals surface area (Å²) in [5.41, 5.74) is 0.957. The minimum absolute atomic E-state index is 0.0558. The number of nitrogens with one attached hydrogen (secondary N) is 6. The average molecular weight is 791 g/mol. The molecule has 3 rings (SSSR count). The molecule has 7 unspecified atom stereocenters. The molecule has 0 radical (unpaired) electrons. The quantitative estimate of drug-likeness (QED) is 0.156. The SMILES string of the molecule is CC1CSSCC(C)C(=O)NC(CC(=O)O)C(=O)NC(Cc2ccc(O)cc2)C(=O)NC(Cc2ccc(O)cc2)C(=O)NCC(=O)NC(C(C)O)C(=O)N1. The van der Waals surface area contributed by atoms with E-state index in [1.54, 1.807) is 13.8 Å². The Morgan fingerprint density at radius 2 is 1.17 bits per heavy atom. The van der Waals surface area contributed by atoms with Gasteiger partial charge in [-0.15, -0.1) is 0 Å². The van der Waals surface area contributed by atoms with Crippen molar-refractivity contribution < 1.29 is 54.0 Å². The molecule has 1 saturated heterocycles. The lowest BCUT2D eigenvalue weighted by Crippen LogP contribution is -2.59. The van der Waals surface area contributed by atoms with Crippen molar-refractivity contribution in [3.8, 4) is 11.5 Å². The normalized spacial score (nSPS) is 25.1. The van der Waals surface area contributed by atoms with E-state index in [-0.39, 0.29) is 30.1 Å². The Balaban J connectivity index is 1.99. The van der Waals surface area contributed by atoms with Crippen LogP contribution in [0.5, 0.6) is 11.5 Å². The molecule has 0 aliphatic carbocycles. The molecule has 19 heteroatoms. The van der Waals surface area contributed by atoms with Crippen LogP contribution in [-0.2, 0) is 46.4 Å². The Hall–Kier alpha value is -5.01. The number of carbonyl (C=O) groups is 7. The van der Waals surface area contributed by atoms with Gasteiger partial charge in [0.25, 0.3) is 0 Å². The smallest absolute Gasteiger partial charge is 0.305 e. The van der Waals surface area contributed by atoms with E-state index in [0.29, 0.717) is 16.9 Å². The number of carboxylic acid groups (broad SMARTS) is 1. The zero-order valence-corrected chi connectivity index (χ0v) is 31.5. The van der Waals surface area contributed by atoms with Gasteiger partial charge in [0.15, 0.2) is 0 Å². The molecule has 17 nitrogen and oxygen atoms in total. The number of benzene rings is 2. The van der Waals surface area contributed by atoms with Crippen LogP contribution in [0.3, 0.4) is 0 Å². The molecule has 0 saturated carbocycles. The molecule has 1 aliphatic heterocycles. The first-order valence-corrected chi connectivity index (χ1v) is 19.5. The van der Waals surface area contributed by atoms with Gasteiger partial charge < -0.3 is 52.3 Å². The molecular formula is C35H46N6O11S2. The molecule has 1 aliphatic rings. The molecule has 7 atom stereocenters. The lowest BCUT2D eigenvalue weighted by Gasteiger charge is -2.26. The molecule has 294 valence electrons. The van der Waals surface area contributed by atoms with Crippen molar-refractivity contribution in [2.24, 2.45) is 5.92 Å². The highest BCUT2D eigenvalue weighted by molar-refractivity contribution is 8.76. The van der Waals surface area contributed by atoms with Crippen molar-refractivity contribution in [3.05, 3.63) is 59.7 Å². The Morgan fingerprint density at radius 1 is 0.685 bits per heavy atom. The van der Waals surface area contributed by atoms with Crippen LogP contribution >= 0.6 is 21.6 Å². The lowest BCUT2D eigenvalue weighted by atomic mass is 10.0. The van der Waals surface area contributed by atoms with Gasteiger partial charge in [0.2, 0.25) is 35.4 Å². The zero-order chi connectivity index (χ0) is 39.9. The zero-order valence-electron chi connectivity index (χ0n) is 29.9. The van der Waals surface area contributed by atoms with Crippen LogP contribution in [0.15, 0.2) is 48.5 Å². The monoisotopic (exact) mass is 790 g/mol. The molecular weight excluding hydrogens is 745 g/mol. The molecule has 6 amide bonds. The largest absolute Gasteiger partial charge is 0.508 e. The third-order valence-electron chi connectivity index (χ3n) is 8.09. The summed E-state index contributed by atoms with van der Waals surface area (Å²) in [6.07, 6.45) is -2.45. The van der Waals surface area contributed by atoms with Crippen molar-refractivity contribution >= 4 is 63.0 Å². The number of rotatable bonds is 7. The van der Waals surface area contributed by atoms with Crippen molar-refractivity contribution in [1.29, 1.82) is 0 Å². The molecule has 1 fully saturated rings. The number of aliphatic hydroxyl groups is 1. The second kappa shape index (κ2) is 21.0. The predicted molar refractivity (Wildman–Crippen MR) is 200 cm³/mol. The van der Waals surface area contributed by atoms with Gasteiger partial charge in [-0.1, -0.05) is 52.8 Å². The maximum atomic E-state index is 13.9. The number of hydrogen-bond acceptors (Lipinski definition) is 12. The topological polar surface area (TPSA) is 273 Å². The van der Waals surface area contributed by atoms with Crippen LogP contribution in [0.1, 0.15) is 38.3 Å². The summed E-state index contributed by atoms with van der Waals surface area (Å²) in [4.78, 5) is 91.9. The third kappa shape index (κ3) is 14.4. The Morgan fingerprint density at radius 3 is 1.69 bits per heavy atom. The van der Waals surface area contributed by atoms with E-state index in [2.05, 4.69) is 31.9 Å². The van der Waals surface area contributed by atoms with E-state index >= 15 is 0 Å². The number of aliphatic hydroxyl groups excluding tert-OH is 1. The van der Waals surface area contributed by atoms with Crippen molar-refractivity contribution in [2.45, 2.75) is 76.3 Å². The van der Waals surface area contributed by atoms with Crippen LogP contribution in [0.25, 0.3) is 0 Å². The summed E-state index contributed by atoms with van der Waals surface area (Å²) >= 11 is 0. The highest BCUT2D eigenvalue weighted by Gasteiger charge is 2.33. The predicted octanol–water partition coefficient (Wildman–Crippen LogP) is -0.670. The number of carbonyl (C=O) groups excluding carboxylic acids is 6. The van der Waals surface area contributed by atoms with Gasteiger partial charge in [0, 0.05) is 36.3 Å². The fraction of sp³-hybridized carbons (Fsp3) is 0.457. The summed E-state index contributed by atoms with van der Waals surface area (Å²) < 4.78 is 0. The minimum atomic E-state index is -1.58. The summed E-state index contributed by atoms with van der Waals surface area (Å²) in [7, 11) is 2.63. The third-order valence-corrected chi connectivity index (χ3v) is 10.8. The number of aromatic hydroxyl groups is 2. The fourth-order valence-electron chi connectivity index (χ4n) is 5.07. The number of phenols is 2. The van der Waals surface area contributed by atoms with Crippen LogP contribution in [-0.4, -0.2) is 116 Å². The molecule has 0 aromatic heterocycles. The first-order valence-electron chi connectivity index (χ1n) is 17.0. The van der Waals surface area contributed by atoms with Crippen molar-refractivity contribution in [2.75, 3.05) is 18.1 Å². The summed E-state index contributed by atoms with van der Waals surface area (Å²) in [6, 6.07) is 5.25. The fourth-order valence-corrected chi connectivity index (χ4v) is 7.70. The van der Waals surface area contributed by atoms with E-state index < -0.39 is 96.6 Å². The first kappa shape index (κ1) is 43.4. The van der Waals surface area contributed by atoms with Gasteiger partial charge in [-0.2, -0.15) is 0 Å². The first-order chi connectivity index (χ1) is 25.5. The second-order valence-electron chi connectivity index (χ2n) is 12.9. The van der Waals surface area contributed by atoms with Gasteiger partial charge in [-0.3, -0.25) is 33.6 Å².